The SMILES string of the molecule is CN=C(NCCCn1cccn1)NCc1cccc(OC)c1.I. The van der Waals surface area contributed by atoms with Crippen LogP contribution in [0, 0.1) is 0 Å². The lowest BCUT2D eigenvalue weighted by molar-refractivity contribution is 0.414. The summed E-state index contributed by atoms with van der Waals surface area (Å²) in [6.45, 7) is 2.44. The third-order valence-corrected chi connectivity index (χ3v) is 3.23. The van der Waals surface area contributed by atoms with E-state index in [1.807, 2.05) is 35.1 Å². The summed E-state index contributed by atoms with van der Waals surface area (Å²) in [5.41, 5.74) is 1.15. The van der Waals surface area contributed by atoms with Gasteiger partial charge in [0.2, 0.25) is 0 Å². The Hall–Kier alpha value is -1.77. The molecule has 0 aliphatic rings. The maximum Gasteiger partial charge on any atom is 0.191 e. The monoisotopic (exact) mass is 429 g/mol. The van der Waals surface area contributed by atoms with Crippen LogP contribution in [0.15, 0.2) is 47.7 Å². The van der Waals surface area contributed by atoms with E-state index in [0.717, 1.165) is 36.8 Å². The van der Waals surface area contributed by atoms with E-state index in [1.165, 1.54) is 0 Å². The number of aromatic nitrogens is 2. The largest absolute Gasteiger partial charge is 0.497 e. The Morgan fingerprint density at radius 2 is 2.17 bits per heavy atom. The van der Waals surface area contributed by atoms with Crippen molar-refractivity contribution in [2.45, 2.75) is 19.5 Å². The Balaban J connectivity index is 0.00000264. The maximum atomic E-state index is 5.22. The van der Waals surface area contributed by atoms with Gasteiger partial charge in [-0.3, -0.25) is 9.67 Å². The van der Waals surface area contributed by atoms with Crippen LogP contribution in [-0.4, -0.2) is 36.4 Å². The summed E-state index contributed by atoms with van der Waals surface area (Å²) < 4.78 is 7.15. The maximum absolute atomic E-state index is 5.22. The van der Waals surface area contributed by atoms with Gasteiger partial charge in [0, 0.05) is 39.1 Å². The number of hydrogen-bond acceptors (Lipinski definition) is 3. The summed E-state index contributed by atoms with van der Waals surface area (Å²) >= 11 is 0. The minimum absolute atomic E-state index is 0. The number of methoxy groups -OCH3 is 1. The molecule has 6 nitrogen and oxygen atoms in total. The highest BCUT2D eigenvalue weighted by Crippen LogP contribution is 2.11. The number of guanidine groups is 1. The van der Waals surface area contributed by atoms with Crippen molar-refractivity contribution in [2.75, 3.05) is 20.7 Å². The first-order valence-electron chi connectivity index (χ1n) is 7.36. The average molecular weight is 429 g/mol. The molecule has 0 saturated heterocycles. The first-order valence-corrected chi connectivity index (χ1v) is 7.36. The molecule has 0 fully saturated rings. The summed E-state index contributed by atoms with van der Waals surface area (Å²) in [6.07, 6.45) is 4.75. The Kier molecular flexibility index (Phi) is 9.11. The Labute approximate surface area is 154 Å². The van der Waals surface area contributed by atoms with E-state index in [-0.39, 0.29) is 24.0 Å². The van der Waals surface area contributed by atoms with Gasteiger partial charge in [0.15, 0.2) is 5.96 Å². The highest BCUT2D eigenvalue weighted by Gasteiger charge is 2.00. The second-order valence-corrected chi connectivity index (χ2v) is 4.83. The average Bonchev–Trinajstić information content (AvgIpc) is 3.08. The molecule has 0 unspecified atom stereocenters. The smallest absolute Gasteiger partial charge is 0.191 e. The molecule has 0 bridgehead atoms. The number of aryl methyl sites for hydroxylation is 1. The predicted octanol–water partition coefficient (Wildman–Crippen LogP) is 2.27. The topological polar surface area (TPSA) is 63.5 Å². The van der Waals surface area contributed by atoms with Crippen LogP contribution in [0.2, 0.25) is 0 Å². The summed E-state index contributed by atoms with van der Waals surface area (Å²) in [6, 6.07) is 9.92. The Morgan fingerprint density at radius 3 is 2.87 bits per heavy atom. The van der Waals surface area contributed by atoms with Crippen molar-refractivity contribution < 1.29 is 4.74 Å². The lowest BCUT2D eigenvalue weighted by atomic mass is 10.2. The molecule has 7 heteroatoms. The molecule has 0 amide bonds. The van der Waals surface area contributed by atoms with Crippen LogP contribution >= 0.6 is 24.0 Å². The quantitative estimate of drug-likeness (QED) is 0.307. The zero-order valence-electron chi connectivity index (χ0n) is 13.5. The van der Waals surface area contributed by atoms with Crippen LogP contribution in [0.1, 0.15) is 12.0 Å². The molecule has 0 aliphatic carbocycles. The fraction of sp³-hybridized carbons (Fsp3) is 0.375. The van der Waals surface area contributed by atoms with E-state index in [1.54, 1.807) is 20.4 Å². The van der Waals surface area contributed by atoms with Gasteiger partial charge in [-0.1, -0.05) is 12.1 Å². The van der Waals surface area contributed by atoms with E-state index in [9.17, 15) is 0 Å². The number of ether oxygens (including phenoxy) is 1. The molecule has 2 N–H and O–H groups in total. The molecule has 1 heterocycles. The molecule has 0 atom stereocenters. The number of benzene rings is 1. The van der Waals surface area contributed by atoms with Crippen LogP contribution < -0.4 is 15.4 Å². The first kappa shape index (κ1) is 19.3. The van der Waals surface area contributed by atoms with Gasteiger partial charge in [-0.05, 0) is 30.2 Å². The molecule has 23 heavy (non-hydrogen) atoms. The number of nitrogens with one attached hydrogen (secondary N) is 2. The van der Waals surface area contributed by atoms with Crippen LogP contribution in [0.5, 0.6) is 5.75 Å². The standard InChI is InChI=1S/C16H23N5O.HI/c1-17-16(18-8-4-10-21-11-5-9-20-21)19-13-14-6-3-7-15(12-14)22-2;/h3,5-7,9,11-12H,4,8,10,13H2,1-2H3,(H2,17,18,19);1H. The number of rotatable bonds is 7. The lowest BCUT2D eigenvalue weighted by Gasteiger charge is -2.12. The predicted molar refractivity (Wildman–Crippen MR) is 103 cm³/mol. The molecule has 1 aromatic carbocycles. The van der Waals surface area contributed by atoms with Gasteiger partial charge in [0.25, 0.3) is 0 Å². The van der Waals surface area contributed by atoms with Gasteiger partial charge >= 0.3 is 0 Å². The Morgan fingerprint density at radius 1 is 1.30 bits per heavy atom. The molecule has 0 aliphatic heterocycles. The van der Waals surface area contributed by atoms with Crippen molar-refractivity contribution >= 4 is 29.9 Å². The van der Waals surface area contributed by atoms with Gasteiger partial charge in [-0.2, -0.15) is 5.10 Å². The highest BCUT2D eigenvalue weighted by molar-refractivity contribution is 14.0. The van der Waals surface area contributed by atoms with Gasteiger partial charge < -0.3 is 15.4 Å². The summed E-state index contributed by atoms with van der Waals surface area (Å²) in [5, 5.41) is 10.8. The molecule has 2 rings (SSSR count). The number of nitrogens with zero attached hydrogens (tertiary/aromatic N) is 3. The van der Waals surface area contributed by atoms with Gasteiger partial charge in [0.05, 0.1) is 7.11 Å². The second-order valence-electron chi connectivity index (χ2n) is 4.83. The fourth-order valence-electron chi connectivity index (χ4n) is 2.07. The molecule has 0 spiro atoms. The number of hydrogen-bond donors (Lipinski definition) is 2. The summed E-state index contributed by atoms with van der Waals surface area (Å²) in [7, 11) is 3.45. The molecule has 0 saturated carbocycles. The summed E-state index contributed by atoms with van der Waals surface area (Å²) in [4.78, 5) is 4.22. The number of aliphatic imine (C=N–C) groups is 1. The first-order chi connectivity index (χ1) is 10.8. The molecular weight excluding hydrogens is 405 g/mol. The van der Waals surface area contributed by atoms with Gasteiger partial charge in [0.1, 0.15) is 5.75 Å². The van der Waals surface area contributed by atoms with Crippen molar-refractivity contribution in [3.63, 3.8) is 0 Å². The van der Waals surface area contributed by atoms with E-state index >= 15 is 0 Å². The van der Waals surface area contributed by atoms with Crippen molar-refractivity contribution in [1.29, 1.82) is 0 Å². The number of halogens is 1. The molecule has 1 aromatic heterocycles. The Bertz CT molecular complexity index is 586. The van der Waals surface area contributed by atoms with E-state index in [0.29, 0.717) is 6.54 Å². The van der Waals surface area contributed by atoms with Crippen molar-refractivity contribution in [3.8, 4) is 5.75 Å². The zero-order valence-corrected chi connectivity index (χ0v) is 15.9. The highest BCUT2D eigenvalue weighted by atomic mass is 127. The zero-order chi connectivity index (χ0) is 15.6. The van der Waals surface area contributed by atoms with Gasteiger partial charge in [-0.25, -0.2) is 0 Å². The van der Waals surface area contributed by atoms with Crippen molar-refractivity contribution in [3.05, 3.63) is 48.3 Å². The second kappa shape index (κ2) is 10.9. The molecular formula is C16H24IN5O. The summed E-state index contributed by atoms with van der Waals surface area (Å²) in [5.74, 6) is 1.66. The van der Waals surface area contributed by atoms with E-state index < -0.39 is 0 Å². The fourth-order valence-corrected chi connectivity index (χ4v) is 2.07. The van der Waals surface area contributed by atoms with E-state index in [2.05, 4.69) is 26.8 Å². The molecule has 126 valence electrons. The van der Waals surface area contributed by atoms with Crippen LogP contribution in [0.3, 0.4) is 0 Å². The minimum Gasteiger partial charge on any atom is -0.497 e. The third kappa shape index (κ3) is 6.89. The lowest BCUT2D eigenvalue weighted by Crippen LogP contribution is -2.37. The van der Waals surface area contributed by atoms with Crippen LogP contribution in [0.4, 0.5) is 0 Å². The molecule has 0 radical (unpaired) electrons. The normalized spacial score (nSPS) is 10.8. The minimum atomic E-state index is 0. The van der Waals surface area contributed by atoms with Crippen LogP contribution in [0.25, 0.3) is 0 Å². The van der Waals surface area contributed by atoms with Crippen molar-refractivity contribution in [1.82, 2.24) is 20.4 Å². The third-order valence-electron chi connectivity index (χ3n) is 3.23. The molecule has 2 aromatic rings. The van der Waals surface area contributed by atoms with Crippen molar-refractivity contribution in [2.24, 2.45) is 4.99 Å². The van der Waals surface area contributed by atoms with Crippen LogP contribution in [-0.2, 0) is 13.1 Å². The van der Waals surface area contributed by atoms with Gasteiger partial charge in [-0.15, -0.1) is 24.0 Å². The van der Waals surface area contributed by atoms with E-state index in [4.69, 9.17) is 4.74 Å².